The Hall–Kier alpha value is -1.89. The van der Waals surface area contributed by atoms with Crippen LogP contribution in [-0.2, 0) is 4.79 Å². The fraction of sp³-hybridized carbons (Fsp3) is 0.364. The largest absolute Gasteiger partial charge is 0.363 e. The number of aromatic nitrogens is 1. The molecule has 0 radical (unpaired) electrons. The monoisotopic (exact) mass is 201 g/mol. The summed E-state index contributed by atoms with van der Waals surface area (Å²) in [6.07, 6.45) is 2.14. The predicted octanol–water partition coefficient (Wildman–Crippen LogP) is 1.04. The Morgan fingerprint density at radius 1 is 1.60 bits per heavy atom. The molecule has 2 heterocycles. The van der Waals surface area contributed by atoms with Crippen molar-refractivity contribution in [2.75, 3.05) is 18.0 Å². The van der Waals surface area contributed by atoms with Crippen LogP contribution in [0.5, 0.6) is 0 Å². The van der Waals surface area contributed by atoms with E-state index >= 15 is 0 Å². The second kappa shape index (κ2) is 3.70. The van der Waals surface area contributed by atoms with Crippen LogP contribution in [-0.4, -0.2) is 23.9 Å². The molecule has 15 heavy (non-hydrogen) atoms. The van der Waals surface area contributed by atoms with Gasteiger partial charge in [-0.05, 0) is 13.0 Å². The van der Waals surface area contributed by atoms with E-state index in [9.17, 15) is 4.79 Å². The van der Waals surface area contributed by atoms with Crippen molar-refractivity contribution in [3.63, 3.8) is 0 Å². The molecule has 0 atom stereocenters. The SMILES string of the molecule is Cc1cc(N2CCC(=O)C2)c(C#N)cn1. The van der Waals surface area contributed by atoms with Gasteiger partial charge in [-0.3, -0.25) is 9.78 Å². The van der Waals surface area contributed by atoms with Crippen LogP contribution < -0.4 is 4.90 Å². The minimum Gasteiger partial charge on any atom is -0.363 e. The maximum absolute atomic E-state index is 11.2. The van der Waals surface area contributed by atoms with E-state index in [0.717, 1.165) is 11.4 Å². The fourth-order valence-electron chi connectivity index (χ4n) is 1.73. The number of ketones is 1. The maximum Gasteiger partial charge on any atom is 0.153 e. The Bertz CT molecular complexity index is 448. The zero-order valence-electron chi connectivity index (χ0n) is 8.53. The zero-order valence-corrected chi connectivity index (χ0v) is 8.53. The molecule has 1 aromatic heterocycles. The number of hydrogen-bond donors (Lipinski definition) is 0. The normalized spacial score (nSPS) is 15.5. The van der Waals surface area contributed by atoms with Crippen molar-refractivity contribution < 1.29 is 4.79 Å². The van der Waals surface area contributed by atoms with Gasteiger partial charge in [0.1, 0.15) is 6.07 Å². The van der Waals surface area contributed by atoms with Crippen LogP contribution in [0.2, 0.25) is 0 Å². The first-order valence-corrected chi connectivity index (χ1v) is 4.84. The highest BCUT2D eigenvalue weighted by Crippen LogP contribution is 2.23. The van der Waals surface area contributed by atoms with Gasteiger partial charge in [0.2, 0.25) is 0 Å². The van der Waals surface area contributed by atoms with Crippen LogP contribution >= 0.6 is 0 Å². The second-order valence-electron chi connectivity index (χ2n) is 3.66. The number of pyridine rings is 1. The van der Waals surface area contributed by atoms with Crippen LogP contribution in [0.25, 0.3) is 0 Å². The van der Waals surface area contributed by atoms with Crippen molar-refractivity contribution in [2.24, 2.45) is 0 Å². The Morgan fingerprint density at radius 2 is 2.40 bits per heavy atom. The first kappa shape index (κ1) is 9.66. The van der Waals surface area contributed by atoms with Gasteiger partial charge in [0.05, 0.1) is 17.8 Å². The average molecular weight is 201 g/mol. The van der Waals surface area contributed by atoms with Gasteiger partial charge >= 0.3 is 0 Å². The highest BCUT2D eigenvalue weighted by Gasteiger charge is 2.21. The fourth-order valence-corrected chi connectivity index (χ4v) is 1.73. The summed E-state index contributed by atoms with van der Waals surface area (Å²) in [7, 11) is 0. The Balaban J connectivity index is 2.38. The third-order valence-corrected chi connectivity index (χ3v) is 2.51. The lowest BCUT2D eigenvalue weighted by atomic mass is 10.2. The molecule has 0 aliphatic carbocycles. The first-order valence-electron chi connectivity index (χ1n) is 4.84. The molecule has 1 aliphatic heterocycles. The van der Waals surface area contributed by atoms with Crippen LogP contribution in [0.1, 0.15) is 17.7 Å². The molecule has 1 fully saturated rings. The number of anilines is 1. The number of nitrogens with zero attached hydrogens (tertiary/aromatic N) is 3. The molecule has 4 heteroatoms. The minimum absolute atomic E-state index is 0.230. The van der Waals surface area contributed by atoms with E-state index in [1.807, 2.05) is 17.9 Å². The molecule has 1 aliphatic rings. The topological polar surface area (TPSA) is 57.0 Å². The summed E-state index contributed by atoms with van der Waals surface area (Å²) in [5.74, 6) is 0.230. The van der Waals surface area contributed by atoms with Crippen molar-refractivity contribution in [1.82, 2.24) is 4.98 Å². The number of carbonyl (C=O) groups is 1. The molecule has 0 spiro atoms. The van der Waals surface area contributed by atoms with E-state index in [-0.39, 0.29) is 5.78 Å². The lowest BCUT2D eigenvalue weighted by Crippen LogP contribution is -2.20. The van der Waals surface area contributed by atoms with E-state index in [0.29, 0.717) is 25.1 Å². The predicted molar refractivity (Wildman–Crippen MR) is 55.5 cm³/mol. The quantitative estimate of drug-likeness (QED) is 0.681. The molecular weight excluding hydrogens is 190 g/mol. The summed E-state index contributed by atoms with van der Waals surface area (Å²) >= 11 is 0. The van der Waals surface area contributed by atoms with Crippen LogP contribution in [0.15, 0.2) is 12.3 Å². The molecule has 0 bridgehead atoms. The van der Waals surface area contributed by atoms with Gasteiger partial charge in [0, 0.05) is 24.9 Å². The van der Waals surface area contributed by atoms with E-state index in [2.05, 4.69) is 11.1 Å². The van der Waals surface area contributed by atoms with Crippen molar-refractivity contribution in [1.29, 1.82) is 5.26 Å². The first-order chi connectivity index (χ1) is 7.20. The van der Waals surface area contributed by atoms with Crippen molar-refractivity contribution in [2.45, 2.75) is 13.3 Å². The lowest BCUT2D eigenvalue weighted by molar-refractivity contribution is -0.116. The summed E-state index contributed by atoms with van der Waals surface area (Å²) in [4.78, 5) is 17.2. The van der Waals surface area contributed by atoms with E-state index in [4.69, 9.17) is 5.26 Å². The Labute approximate surface area is 88.1 Å². The van der Waals surface area contributed by atoms with Gasteiger partial charge in [-0.1, -0.05) is 0 Å². The molecule has 2 rings (SSSR count). The summed E-state index contributed by atoms with van der Waals surface area (Å²) in [6.45, 7) is 3.00. The van der Waals surface area contributed by atoms with Crippen molar-refractivity contribution in [3.8, 4) is 6.07 Å². The average Bonchev–Trinajstić information content (AvgIpc) is 2.65. The van der Waals surface area contributed by atoms with E-state index < -0.39 is 0 Å². The number of hydrogen-bond acceptors (Lipinski definition) is 4. The molecule has 76 valence electrons. The number of aryl methyl sites for hydroxylation is 1. The highest BCUT2D eigenvalue weighted by molar-refractivity contribution is 5.87. The zero-order chi connectivity index (χ0) is 10.8. The van der Waals surface area contributed by atoms with Crippen LogP contribution in [0, 0.1) is 18.3 Å². The summed E-state index contributed by atoms with van der Waals surface area (Å²) in [6, 6.07) is 3.96. The molecule has 0 N–H and O–H groups in total. The number of Topliss-reactive ketones (excluding diaryl/α,β-unsaturated/α-hetero) is 1. The lowest BCUT2D eigenvalue weighted by Gasteiger charge is -2.17. The summed E-state index contributed by atoms with van der Waals surface area (Å²) in [5.41, 5.74) is 2.23. The van der Waals surface area contributed by atoms with Crippen LogP contribution in [0.3, 0.4) is 0 Å². The van der Waals surface area contributed by atoms with Gasteiger partial charge in [0.15, 0.2) is 5.78 Å². The molecule has 0 saturated carbocycles. The Kier molecular flexibility index (Phi) is 2.38. The molecule has 4 nitrogen and oxygen atoms in total. The molecule has 1 aromatic rings. The number of nitriles is 1. The van der Waals surface area contributed by atoms with Crippen LogP contribution in [0.4, 0.5) is 5.69 Å². The van der Waals surface area contributed by atoms with Gasteiger partial charge in [-0.15, -0.1) is 0 Å². The van der Waals surface area contributed by atoms with Gasteiger partial charge in [0.25, 0.3) is 0 Å². The molecule has 0 unspecified atom stereocenters. The van der Waals surface area contributed by atoms with Crippen molar-refractivity contribution in [3.05, 3.63) is 23.5 Å². The van der Waals surface area contributed by atoms with Crippen molar-refractivity contribution >= 4 is 11.5 Å². The summed E-state index contributed by atoms with van der Waals surface area (Å²) in [5, 5.41) is 8.93. The van der Waals surface area contributed by atoms with Gasteiger partial charge in [-0.25, -0.2) is 0 Å². The Morgan fingerprint density at radius 3 is 3.00 bits per heavy atom. The molecule has 1 saturated heterocycles. The summed E-state index contributed by atoms with van der Waals surface area (Å²) < 4.78 is 0. The van der Waals surface area contributed by atoms with E-state index in [1.165, 1.54) is 0 Å². The maximum atomic E-state index is 11.2. The molecular formula is C11H11N3O. The third-order valence-electron chi connectivity index (χ3n) is 2.51. The minimum atomic E-state index is 0.230. The van der Waals surface area contributed by atoms with Gasteiger partial charge in [-0.2, -0.15) is 5.26 Å². The van der Waals surface area contributed by atoms with Gasteiger partial charge < -0.3 is 4.90 Å². The smallest absolute Gasteiger partial charge is 0.153 e. The number of carbonyl (C=O) groups excluding carboxylic acids is 1. The number of rotatable bonds is 1. The molecule has 0 aromatic carbocycles. The van der Waals surface area contributed by atoms with E-state index in [1.54, 1.807) is 6.20 Å². The highest BCUT2D eigenvalue weighted by atomic mass is 16.1. The standard InChI is InChI=1S/C11H11N3O/c1-8-4-11(9(5-12)6-13-8)14-3-2-10(15)7-14/h4,6H,2-3,7H2,1H3. The molecule has 0 amide bonds. The second-order valence-corrected chi connectivity index (χ2v) is 3.66. The third kappa shape index (κ3) is 1.82.